The van der Waals surface area contributed by atoms with Crippen molar-refractivity contribution in [3.8, 4) is 0 Å². The summed E-state index contributed by atoms with van der Waals surface area (Å²) in [6.45, 7) is -0.373. The highest BCUT2D eigenvalue weighted by Crippen LogP contribution is 2.16. The van der Waals surface area contributed by atoms with Gasteiger partial charge in [-0.2, -0.15) is 0 Å². The lowest BCUT2D eigenvalue weighted by molar-refractivity contribution is 0.102. The van der Waals surface area contributed by atoms with Crippen molar-refractivity contribution in [3.05, 3.63) is 54.4 Å². The second-order valence-corrected chi connectivity index (χ2v) is 6.09. The van der Waals surface area contributed by atoms with Crippen molar-refractivity contribution in [1.29, 1.82) is 0 Å². The van der Waals surface area contributed by atoms with E-state index in [1.54, 1.807) is 24.3 Å². The molecule has 2 aromatic rings. The molecule has 0 radical (unpaired) electrons. The minimum absolute atomic E-state index is 0.000212. The Labute approximate surface area is 128 Å². The number of aliphatic hydroxyl groups excluding tert-OH is 1. The fourth-order valence-corrected chi connectivity index (χ4v) is 2.76. The molecule has 0 aliphatic heterocycles. The van der Waals surface area contributed by atoms with E-state index < -0.39 is 15.9 Å². The quantitative estimate of drug-likeness (QED) is 0.722. The van der Waals surface area contributed by atoms with Crippen LogP contribution in [-0.4, -0.2) is 37.6 Å². The first-order valence-corrected chi connectivity index (χ1v) is 7.94. The Morgan fingerprint density at radius 1 is 1.18 bits per heavy atom. The van der Waals surface area contributed by atoms with E-state index in [4.69, 9.17) is 5.11 Å². The van der Waals surface area contributed by atoms with E-state index in [1.165, 1.54) is 24.4 Å². The molecular formula is C14H15N3O4S. The van der Waals surface area contributed by atoms with E-state index in [-0.39, 0.29) is 23.7 Å². The number of aromatic nitrogens is 1. The van der Waals surface area contributed by atoms with Gasteiger partial charge in [0.2, 0.25) is 10.0 Å². The van der Waals surface area contributed by atoms with E-state index in [1.807, 2.05) is 0 Å². The number of amides is 1. The number of anilines is 1. The molecule has 116 valence electrons. The lowest BCUT2D eigenvalue weighted by Gasteiger charge is -2.08. The fourth-order valence-electron chi connectivity index (χ4n) is 1.70. The summed E-state index contributed by atoms with van der Waals surface area (Å²) in [6.07, 6.45) is 1.49. The highest BCUT2D eigenvalue weighted by Gasteiger charge is 2.14. The first-order chi connectivity index (χ1) is 10.5. The highest BCUT2D eigenvalue weighted by atomic mass is 32.2. The molecule has 0 saturated heterocycles. The number of hydrogen-bond acceptors (Lipinski definition) is 5. The average molecular weight is 321 g/mol. The molecule has 7 nitrogen and oxygen atoms in total. The second-order valence-electron chi connectivity index (χ2n) is 4.32. The van der Waals surface area contributed by atoms with Gasteiger partial charge in [-0.05, 0) is 30.3 Å². The van der Waals surface area contributed by atoms with Crippen LogP contribution in [0.25, 0.3) is 0 Å². The molecule has 1 aromatic carbocycles. The van der Waals surface area contributed by atoms with Crippen LogP contribution in [0.3, 0.4) is 0 Å². The molecule has 1 aromatic heterocycles. The average Bonchev–Trinajstić information content (AvgIpc) is 2.54. The van der Waals surface area contributed by atoms with Crippen LogP contribution in [0.5, 0.6) is 0 Å². The third kappa shape index (κ3) is 4.10. The Balaban J connectivity index is 2.17. The van der Waals surface area contributed by atoms with Crippen molar-refractivity contribution >= 4 is 21.6 Å². The third-order valence-corrected chi connectivity index (χ3v) is 4.16. The molecule has 0 aliphatic carbocycles. The van der Waals surface area contributed by atoms with Gasteiger partial charge in [-0.3, -0.25) is 9.78 Å². The summed E-state index contributed by atoms with van der Waals surface area (Å²) < 4.78 is 26.1. The predicted octanol–water partition coefficient (Wildman–Crippen LogP) is 0.604. The van der Waals surface area contributed by atoms with E-state index in [0.717, 1.165) is 0 Å². The maximum atomic E-state index is 12.0. The lowest BCUT2D eigenvalue weighted by Crippen LogP contribution is -2.26. The van der Waals surface area contributed by atoms with Crippen LogP contribution < -0.4 is 10.0 Å². The Morgan fingerprint density at radius 2 is 2.00 bits per heavy atom. The number of benzene rings is 1. The number of pyridine rings is 1. The molecular weight excluding hydrogens is 306 g/mol. The maximum Gasteiger partial charge on any atom is 0.274 e. The summed E-state index contributed by atoms with van der Waals surface area (Å²) in [5, 5.41) is 11.3. The van der Waals surface area contributed by atoms with E-state index in [0.29, 0.717) is 5.69 Å². The number of hydrogen-bond donors (Lipinski definition) is 3. The molecule has 1 amide bonds. The minimum atomic E-state index is -3.72. The molecule has 22 heavy (non-hydrogen) atoms. The predicted molar refractivity (Wildman–Crippen MR) is 80.9 cm³/mol. The van der Waals surface area contributed by atoms with Gasteiger partial charge in [0, 0.05) is 18.4 Å². The van der Waals surface area contributed by atoms with Crippen LogP contribution in [0, 0.1) is 0 Å². The van der Waals surface area contributed by atoms with Gasteiger partial charge in [0.1, 0.15) is 5.69 Å². The second kappa shape index (κ2) is 7.12. The van der Waals surface area contributed by atoms with Crippen LogP contribution in [0.2, 0.25) is 0 Å². The number of rotatable bonds is 6. The summed E-state index contributed by atoms with van der Waals surface area (Å²) in [5.41, 5.74) is 0.566. The van der Waals surface area contributed by atoms with Crippen LogP contribution in [0.1, 0.15) is 10.5 Å². The van der Waals surface area contributed by atoms with E-state index in [9.17, 15) is 13.2 Å². The van der Waals surface area contributed by atoms with Gasteiger partial charge in [-0.25, -0.2) is 13.1 Å². The van der Waals surface area contributed by atoms with Crippen molar-refractivity contribution in [1.82, 2.24) is 9.71 Å². The number of aliphatic hydroxyl groups is 1. The summed E-state index contributed by atoms with van der Waals surface area (Å²) in [4.78, 5) is 15.9. The van der Waals surface area contributed by atoms with E-state index in [2.05, 4.69) is 15.0 Å². The number of nitrogens with zero attached hydrogens (tertiary/aromatic N) is 1. The minimum Gasteiger partial charge on any atom is -0.395 e. The lowest BCUT2D eigenvalue weighted by atomic mass is 10.3. The third-order valence-electron chi connectivity index (χ3n) is 2.70. The number of carbonyl (C=O) groups excluding carboxylic acids is 1. The summed E-state index contributed by atoms with van der Waals surface area (Å²) in [6, 6.07) is 10.8. The fraction of sp³-hybridized carbons (Fsp3) is 0.143. The molecule has 1 heterocycles. The van der Waals surface area contributed by atoms with Gasteiger partial charge in [0.25, 0.3) is 5.91 Å². The number of carbonyl (C=O) groups is 1. The normalized spacial score (nSPS) is 11.1. The Morgan fingerprint density at radius 3 is 2.68 bits per heavy atom. The summed E-state index contributed by atoms with van der Waals surface area (Å²) in [5.74, 6) is -0.432. The molecule has 2 rings (SSSR count). The molecule has 0 saturated carbocycles. The van der Waals surface area contributed by atoms with Gasteiger partial charge in [-0.1, -0.05) is 12.1 Å². The SMILES string of the molecule is O=C(Nc1cccc(S(=O)(=O)NCCO)c1)c1ccccn1. The zero-order valence-electron chi connectivity index (χ0n) is 11.6. The van der Waals surface area contributed by atoms with E-state index >= 15 is 0 Å². The smallest absolute Gasteiger partial charge is 0.274 e. The molecule has 0 atom stereocenters. The van der Waals surface area contributed by atoms with Crippen LogP contribution >= 0.6 is 0 Å². The first kappa shape index (κ1) is 16.1. The zero-order valence-corrected chi connectivity index (χ0v) is 12.4. The van der Waals surface area contributed by atoms with Crippen molar-refractivity contribution in [2.75, 3.05) is 18.5 Å². The molecule has 8 heteroatoms. The van der Waals surface area contributed by atoms with Crippen molar-refractivity contribution in [3.63, 3.8) is 0 Å². The monoisotopic (exact) mass is 321 g/mol. The van der Waals surface area contributed by atoms with Crippen LogP contribution in [0.4, 0.5) is 5.69 Å². The van der Waals surface area contributed by atoms with Gasteiger partial charge >= 0.3 is 0 Å². The standard InChI is InChI=1S/C14H15N3O4S/c18-9-8-16-22(20,21)12-5-3-4-11(10-12)17-14(19)13-6-1-2-7-15-13/h1-7,10,16,18H,8-9H2,(H,17,19). The summed E-state index contributed by atoms with van der Waals surface area (Å²) >= 11 is 0. The summed E-state index contributed by atoms with van der Waals surface area (Å²) in [7, 11) is -3.72. The maximum absolute atomic E-state index is 12.0. The largest absolute Gasteiger partial charge is 0.395 e. The van der Waals surface area contributed by atoms with Gasteiger partial charge < -0.3 is 10.4 Å². The van der Waals surface area contributed by atoms with Gasteiger partial charge in [-0.15, -0.1) is 0 Å². The molecule has 0 spiro atoms. The van der Waals surface area contributed by atoms with Crippen LogP contribution in [0.15, 0.2) is 53.6 Å². The Kier molecular flexibility index (Phi) is 5.21. The van der Waals surface area contributed by atoms with Gasteiger partial charge in [0.05, 0.1) is 11.5 Å². The molecule has 0 fully saturated rings. The molecule has 0 bridgehead atoms. The first-order valence-electron chi connectivity index (χ1n) is 6.46. The molecule has 3 N–H and O–H groups in total. The van der Waals surface area contributed by atoms with Crippen molar-refractivity contribution in [2.24, 2.45) is 0 Å². The number of sulfonamides is 1. The van der Waals surface area contributed by atoms with Crippen LogP contribution in [-0.2, 0) is 10.0 Å². The molecule has 0 aliphatic rings. The Bertz CT molecular complexity index is 748. The topological polar surface area (TPSA) is 108 Å². The van der Waals surface area contributed by atoms with Crippen molar-refractivity contribution < 1.29 is 18.3 Å². The number of nitrogens with one attached hydrogen (secondary N) is 2. The van der Waals surface area contributed by atoms with Crippen molar-refractivity contribution in [2.45, 2.75) is 4.90 Å². The Hall–Kier alpha value is -2.29. The molecule has 0 unspecified atom stereocenters. The zero-order chi connectivity index (χ0) is 16.0. The van der Waals surface area contributed by atoms with Gasteiger partial charge in [0.15, 0.2) is 0 Å². The highest BCUT2D eigenvalue weighted by molar-refractivity contribution is 7.89.